The molecular formula is C23H33Cl2N3O. The average Bonchev–Trinajstić information content (AvgIpc) is 3.50. The van der Waals surface area contributed by atoms with Crippen LogP contribution in [-0.2, 0) is 4.79 Å². The van der Waals surface area contributed by atoms with Crippen LogP contribution in [0.1, 0.15) is 45.4 Å². The van der Waals surface area contributed by atoms with Crippen LogP contribution in [0.3, 0.4) is 0 Å². The van der Waals surface area contributed by atoms with Gasteiger partial charge in [0.05, 0.1) is 10.0 Å². The number of nitrogens with one attached hydrogen (secondary N) is 1. The summed E-state index contributed by atoms with van der Waals surface area (Å²) in [5.74, 6) is 1.97. The number of benzene rings is 1. The number of halogens is 2. The van der Waals surface area contributed by atoms with Gasteiger partial charge in [-0.3, -0.25) is 9.69 Å². The van der Waals surface area contributed by atoms with E-state index in [4.69, 9.17) is 23.2 Å². The van der Waals surface area contributed by atoms with Crippen LogP contribution < -0.4 is 10.2 Å². The quantitative estimate of drug-likeness (QED) is 0.691. The predicted molar refractivity (Wildman–Crippen MR) is 121 cm³/mol. The van der Waals surface area contributed by atoms with Gasteiger partial charge < -0.3 is 10.2 Å². The van der Waals surface area contributed by atoms with Crippen LogP contribution in [0, 0.1) is 17.8 Å². The zero-order chi connectivity index (χ0) is 20.4. The fourth-order valence-corrected chi connectivity index (χ4v) is 5.29. The molecule has 160 valence electrons. The summed E-state index contributed by atoms with van der Waals surface area (Å²) < 4.78 is 0. The third-order valence-electron chi connectivity index (χ3n) is 7.16. The summed E-state index contributed by atoms with van der Waals surface area (Å²) in [6.07, 6.45) is 7.22. The number of carbonyl (C=O) groups excluding carboxylic acids is 1. The van der Waals surface area contributed by atoms with Crippen molar-refractivity contribution < 1.29 is 4.79 Å². The second kappa shape index (κ2) is 9.45. The molecular weight excluding hydrogens is 405 g/mol. The van der Waals surface area contributed by atoms with Crippen LogP contribution in [0.15, 0.2) is 18.2 Å². The number of carbonyl (C=O) groups is 1. The van der Waals surface area contributed by atoms with Gasteiger partial charge >= 0.3 is 0 Å². The van der Waals surface area contributed by atoms with Gasteiger partial charge in [0.2, 0.25) is 5.91 Å². The first-order valence-electron chi connectivity index (χ1n) is 11.3. The molecule has 0 aromatic heterocycles. The van der Waals surface area contributed by atoms with Crippen molar-refractivity contribution in [1.82, 2.24) is 10.2 Å². The van der Waals surface area contributed by atoms with Gasteiger partial charge in [0.1, 0.15) is 0 Å². The van der Waals surface area contributed by atoms with E-state index in [1.807, 2.05) is 18.2 Å². The molecule has 3 aliphatic rings. The van der Waals surface area contributed by atoms with Crippen molar-refractivity contribution in [3.05, 3.63) is 28.2 Å². The molecule has 1 heterocycles. The summed E-state index contributed by atoms with van der Waals surface area (Å²) >= 11 is 12.2. The largest absolute Gasteiger partial charge is 0.369 e. The second-order valence-electron chi connectivity index (χ2n) is 9.12. The molecule has 1 amide bonds. The molecule has 1 N–H and O–H groups in total. The maximum Gasteiger partial charge on any atom is 0.223 e. The van der Waals surface area contributed by atoms with Crippen LogP contribution in [-0.4, -0.2) is 49.6 Å². The van der Waals surface area contributed by atoms with Gasteiger partial charge in [-0.25, -0.2) is 0 Å². The maximum absolute atomic E-state index is 12.6. The highest BCUT2D eigenvalue weighted by atomic mass is 35.5. The van der Waals surface area contributed by atoms with Crippen molar-refractivity contribution in [2.45, 2.75) is 51.5 Å². The molecule has 1 aromatic carbocycles. The lowest BCUT2D eigenvalue weighted by atomic mass is 9.84. The molecule has 2 saturated carbocycles. The summed E-state index contributed by atoms with van der Waals surface area (Å²) in [6, 6.07) is 6.28. The normalized spacial score (nSPS) is 30.2. The molecule has 29 heavy (non-hydrogen) atoms. The summed E-state index contributed by atoms with van der Waals surface area (Å²) in [5.41, 5.74) is 1.14. The molecule has 2 atom stereocenters. The van der Waals surface area contributed by atoms with Gasteiger partial charge in [0.15, 0.2) is 0 Å². The van der Waals surface area contributed by atoms with E-state index in [1.165, 1.54) is 19.3 Å². The molecule has 2 aliphatic carbocycles. The van der Waals surface area contributed by atoms with Crippen molar-refractivity contribution in [3.8, 4) is 0 Å². The van der Waals surface area contributed by atoms with Gasteiger partial charge in [0.25, 0.3) is 0 Å². The molecule has 4 nitrogen and oxygen atoms in total. The molecule has 6 heteroatoms. The molecule has 4 rings (SSSR count). The molecule has 2 unspecified atom stereocenters. The van der Waals surface area contributed by atoms with Crippen LogP contribution in [0.5, 0.6) is 0 Å². The van der Waals surface area contributed by atoms with E-state index in [1.54, 1.807) is 0 Å². The number of nitrogens with zero attached hydrogens (tertiary/aromatic N) is 2. The van der Waals surface area contributed by atoms with Crippen molar-refractivity contribution in [1.29, 1.82) is 0 Å². The Labute approximate surface area is 184 Å². The number of anilines is 1. The maximum atomic E-state index is 12.6. The molecule has 0 radical (unpaired) electrons. The van der Waals surface area contributed by atoms with Gasteiger partial charge in [0, 0.05) is 50.4 Å². The summed E-state index contributed by atoms with van der Waals surface area (Å²) in [5, 5.41) is 4.56. The first-order chi connectivity index (χ1) is 14.0. The summed E-state index contributed by atoms with van der Waals surface area (Å²) in [7, 11) is 0. The topological polar surface area (TPSA) is 35.6 Å². The summed E-state index contributed by atoms with van der Waals surface area (Å²) in [4.78, 5) is 17.5. The Morgan fingerprint density at radius 1 is 1.07 bits per heavy atom. The Morgan fingerprint density at radius 2 is 1.79 bits per heavy atom. The van der Waals surface area contributed by atoms with Crippen LogP contribution in [0.2, 0.25) is 10.0 Å². The minimum atomic E-state index is 0.243. The lowest BCUT2D eigenvalue weighted by Crippen LogP contribution is -2.47. The highest BCUT2D eigenvalue weighted by Crippen LogP contribution is 2.40. The van der Waals surface area contributed by atoms with Crippen molar-refractivity contribution in [2.24, 2.45) is 17.8 Å². The van der Waals surface area contributed by atoms with Gasteiger partial charge in [-0.15, -0.1) is 0 Å². The molecule has 1 saturated heterocycles. The van der Waals surface area contributed by atoms with Crippen molar-refractivity contribution >= 4 is 34.8 Å². The zero-order valence-electron chi connectivity index (χ0n) is 17.4. The zero-order valence-corrected chi connectivity index (χ0v) is 18.9. The summed E-state index contributed by atoms with van der Waals surface area (Å²) in [6.45, 7) is 7.38. The molecule has 1 aromatic rings. The van der Waals surface area contributed by atoms with Crippen LogP contribution >= 0.6 is 23.2 Å². The Bertz CT molecular complexity index is 712. The van der Waals surface area contributed by atoms with Crippen molar-refractivity contribution in [3.63, 3.8) is 0 Å². The highest BCUT2D eigenvalue weighted by molar-refractivity contribution is 6.42. The number of hydrogen-bond acceptors (Lipinski definition) is 3. The molecule has 1 aliphatic heterocycles. The first kappa shape index (κ1) is 21.3. The lowest BCUT2D eigenvalue weighted by Gasteiger charge is -2.36. The number of piperazine rings is 1. The van der Waals surface area contributed by atoms with Gasteiger partial charge in [-0.1, -0.05) is 36.5 Å². The van der Waals surface area contributed by atoms with E-state index < -0.39 is 0 Å². The minimum absolute atomic E-state index is 0.243. The highest BCUT2D eigenvalue weighted by Gasteiger charge is 2.44. The lowest BCUT2D eigenvalue weighted by molar-refractivity contribution is -0.123. The SMILES string of the molecule is CCC1CCC(NC(=O)C2CC2CN2CCN(c3ccc(Cl)c(Cl)c3)CC2)CC1. The van der Waals surface area contributed by atoms with Crippen LogP contribution in [0.25, 0.3) is 0 Å². The fourth-order valence-electron chi connectivity index (χ4n) is 5.00. The standard InChI is InChI=1S/C23H33Cl2N3O/c1-2-16-3-5-18(6-4-16)26-23(29)20-13-17(20)15-27-9-11-28(12-10-27)19-7-8-21(24)22(25)14-19/h7-8,14,16-18,20H,2-6,9-13,15H2,1H3,(H,26,29). The second-order valence-corrected chi connectivity index (χ2v) is 9.94. The monoisotopic (exact) mass is 437 g/mol. The Kier molecular flexibility index (Phi) is 6.93. The molecule has 0 spiro atoms. The van der Waals surface area contributed by atoms with E-state index in [9.17, 15) is 4.79 Å². The van der Waals surface area contributed by atoms with Gasteiger partial charge in [-0.2, -0.15) is 0 Å². The third-order valence-corrected chi connectivity index (χ3v) is 7.90. The average molecular weight is 438 g/mol. The smallest absolute Gasteiger partial charge is 0.223 e. The van der Waals surface area contributed by atoms with E-state index in [0.717, 1.165) is 63.6 Å². The van der Waals surface area contributed by atoms with E-state index in [0.29, 0.717) is 27.9 Å². The Morgan fingerprint density at radius 3 is 2.45 bits per heavy atom. The number of amides is 1. The fraction of sp³-hybridized carbons (Fsp3) is 0.696. The Hall–Kier alpha value is -0.970. The van der Waals surface area contributed by atoms with E-state index >= 15 is 0 Å². The van der Waals surface area contributed by atoms with E-state index in [2.05, 4.69) is 22.0 Å². The first-order valence-corrected chi connectivity index (χ1v) is 12.0. The third kappa shape index (κ3) is 5.39. The van der Waals surface area contributed by atoms with Crippen molar-refractivity contribution in [2.75, 3.05) is 37.6 Å². The van der Waals surface area contributed by atoms with Crippen LogP contribution in [0.4, 0.5) is 5.69 Å². The Balaban J connectivity index is 1.17. The minimum Gasteiger partial charge on any atom is -0.369 e. The number of rotatable bonds is 6. The molecule has 3 fully saturated rings. The molecule has 0 bridgehead atoms. The van der Waals surface area contributed by atoms with Gasteiger partial charge in [-0.05, 0) is 62.1 Å². The predicted octanol–water partition coefficient (Wildman–Crippen LogP) is 4.84. The van der Waals surface area contributed by atoms with E-state index in [-0.39, 0.29) is 5.92 Å². The number of hydrogen-bond donors (Lipinski definition) is 1.